The highest BCUT2D eigenvalue weighted by Gasteiger charge is 2.43. The molecule has 0 unspecified atom stereocenters. The third-order valence-electron chi connectivity index (χ3n) is 21.5. The molecule has 4 aliphatic carbocycles. The van der Waals surface area contributed by atoms with Crippen molar-refractivity contribution in [1.29, 1.82) is 0 Å². The lowest BCUT2D eigenvalue weighted by Crippen LogP contribution is -2.17. The van der Waals surface area contributed by atoms with Crippen molar-refractivity contribution in [2.45, 2.75) is 207 Å². The van der Waals surface area contributed by atoms with Gasteiger partial charge in [-0.25, -0.2) is 17.6 Å². The minimum absolute atomic E-state index is 0.0145. The molecule has 0 bridgehead atoms. The van der Waals surface area contributed by atoms with Crippen LogP contribution in [0.3, 0.4) is 0 Å². The maximum Gasteiger partial charge on any atom is 0.573 e. The van der Waals surface area contributed by atoms with Gasteiger partial charge in [-0.05, 0) is 236 Å². The fourth-order valence-electron chi connectivity index (χ4n) is 16.2. The summed E-state index contributed by atoms with van der Waals surface area (Å²) in [5.41, 5.74) is 9.39. The number of hydrogen-bond acceptors (Lipinski definition) is 6. The Kier molecular flexibility index (Phi) is 26.5. The average molecular weight is 1570 g/mol. The first kappa shape index (κ1) is 84.4. The minimum atomic E-state index is -4.84. The Morgan fingerprint density at radius 2 is 0.509 bits per heavy atom. The molecule has 0 heterocycles. The smallest absolute Gasteiger partial charge is 0.406 e. The van der Waals surface area contributed by atoms with Gasteiger partial charge < -0.3 is 29.2 Å². The van der Waals surface area contributed by atoms with Crippen molar-refractivity contribution in [3.63, 3.8) is 0 Å². The molecule has 8 aromatic carbocycles. The van der Waals surface area contributed by atoms with Crippen molar-refractivity contribution < 1.29 is 99.4 Å². The lowest BCUT2D eigenvalue weighted by atomic mass is 9.75. The lowest BCUT2D eigenvalue weighted by Gasteiger charge is -2.30. The summed E-state index contributed by atoms with van der Waals surface area (Å²) in [6, 6.07) is 33.6. The second-order valence-corrected chi connectivity index (χ2v) is 31.3. The molecule has 0 amide bonds. The van der Waals surface area contributed by atoms with Gasteiger partial charge in [-0.2, -0.15) is 0 Å². The van der Waals surface area contributed by atoms with Gasteiger partial charge in [-0.1, -0.05) is 154 Å². The van der Waals surface area contributed by atoms with Crippen molar-refractivity contribution >= 4 is 23.2 Å². The second-order valence-electron chi connectivity index (χ2n) is 30.8. The van der Waals surface area contributed by atoms with E-state index < -0.39 is 71.7 Å². The van der Waals surface area contributed by atoms with Crippen LogP contribution < -0.4 is 18.9 Å². The van der Waals surface area contributed by atoms with Crippen molar-refractivity contribution in [2.24, 2.45) is 21.7 Å². The van der Waals surface area contributed by atoms with Crippen LogP contribution >= 0.6 is 23.2 Å². The van der Waals surface area contributed by atoms with Crippen LogP contribution in [0.5, 0.6) is 23.0 Å². The quantitative estimate of drug-likeness (QED) is 0.0741. The summed E-state index contributed by atoms with van der Waals surface area (Å²) in [6.45, 7) is 16.9. The molecule has 2 N–H and O–H groups in total. The zero-order chi connectivity index (χ0) is 79.3. The molecule has 108 heavy (non-hydrogen) atoms. The van der Waals surface area contributed by atoms with E-state index in [4.69, 9.17) is 23.2 Å². The van der Waals surface area contributed by atoms with E-state index >= 15 is 0 Å². The molecule has 24 heteroatoms. The van der Waals surface area contributed by atoms with Crippen LogP contribution in [0.15, 0.2) is 146 Å². The molecule has 0 aromatic heterocycles. The van der Waals surface area contributed by atoms with Crippen LogP contribution in [0.2, 0.25) is 0 Å². The Balaban J connectivity index is 0.000000166. The zero-order valence-corrected chi connectivity index (χ0v) is 62.3. The molecule has 0 radical (unpaired) electrons. The number of benzene rings is 8. The number of rotatable bonds is 16. The number of aliphatic hydroxyl groups is 2. The molecule has 0 aliphatic heterocycles. The summed E-state index contributed by atoms with van der Waals surface area (Å²) in [5.74, 6) is -2.91. The molecule has 6 nitrogen and oxygen atoms in total. The average Bonchev–Trinajstić information content (AvgIpc) is 1.45. The third kappa shape index (κ3) is 21.5. The number of ether oxygens (including phenoxy) is 4. The van der Waals surface area contributed by atoms with Gasteiger partial charge in [0, 0.05) is 34.0 Å². The number of halogens is 18. The van der Waals surface area contributed by atoms with Crippen LogP contribution in [-0.4, -0.2) is 35.7 Å². The van der Waals surface area contributed by atoms with Crippen molar-refractivity contribution in [1.82, 2.24) is 0 Å². The number of alkyl halides is 14. The normalized spacial score (nSPS) is 19.3. The van der Waals surface area contributed by atoms with Crippen LogP contribution in [0.25, 0.3) is 44.5 Å². The van der Waals surface area contributed by atoms with Crippen LogP contribution in [0, 0.1) is 44.9 Å². The van der Waals surface area contributed by atoms with Crippen LogP contribution in [0.1, 0.15) is 201 Å². The van der Waals surface area contributed by atoms with Gasteiger partial charge in [-0.15, -0.1) is 75.9 Å². The highest BCUT2D eigenvalue weighted by atomic mass is 35.5. The molecular weight excluding hydrogens is 1480 g/mol. The van der Waals surface area contributed by atoms with E-state index in [9.17, 15) is 80.5 Å². The van der Waals surface area contributed by atoms with E-state index in [1.165, 1.54) is 0 Å². The van der Waals surface area contributed by atoms with Gasteiger partial charge in [0.15, 0.2) is 0 Å². The van der Waals surface area contributed by atoms with Gasteiger partial charge in [-0.3, -0.25) is 0 Å². The molecule has 4 atom stereocenters. The highest BCUT2D eigenvalue weighted by Crippen LogP contribution is 2.56. The summed E-state index contributed by atoms with van der Waals surface area (Å²) in [6.07, 6.45) is -7.32. The molecule has 12 rings (SSSR count). The summed E-state index contributed by atoms with van der Waals surface area (Å²) in [4.78, 5) is 0. The number of hydrogen-bond donors (Lipinski definition) is 2. The zero-order valence-electron chi connectivity index (χ0n) is 60.8. The van der Waals surface area contributed by atoms with Gasteiger partial charge in [0.25, 0.3) is 0 Å². The fraction of sp³-hybridized carbons (Fsp3) is 0.429. The molecule has 0 saturated heterocycles. The Labute approximate surface area is 628 Å². The van der Waals surface area contributed by atoms with E-state index in [-0.39, 0.29) is 80.8 Å². The summed E-state index contributed by atoms with van der Waals surface area (Å²) in [7, 11) is 0. The second kappa shape index (κ2) is 33.9. The van der Waals surface area contributed by atoms with Gasteiger partial charge in [0.1, 0.15) is 46.3 Å². The Morgan fingerprint density at radius 3 is 0.685 bits per heavy atom. The Bertz CT molecular complexity index is 3870. The highest BCUT2D eigenvalue weighted by molar-refractivity contribution is 6.17. The summed E-state index contributed by atoms with van der Waals surface area (Å²) < 4.78 is 225. The Hall–Kier alpha value is -7.66. The molecule has 4 fully saturated rings. The molecular formula is C84H86Cl2F16O6. The predicted octanol–water partition coefficient (Wildman–Crippen LogP) is 27.2. The molecule has 584 valence electrons. The number of aliphatic hydroxyl groups excluding tert-OH is 2. The molecule has 8 aromatic rings. The predicted molar refractivity (Wildman–Crippen MR) is 387 cm³/mol. The lowest BCUT2D eigenvalue weighted by molar-refractivity contribution is -0.275. The standard InChI is InChI=1S/2C21H21ClF4O.2C21H22F4O2/c2*1-20(2)9-3-4-18(20)16-10-13(12-22)5-7-15(16)17-11-14(6-8-19(17)23)27-21(24,25)26;2*1-20(2)9-3-4-18(20)16-10-13(12-26)5-7-15(16)17-11-14(6-8-19(17)22)27-21(23,24)25/h2*5-8,10-11,18H,3-4,9,12H2,1-2H3;2*5-8,10-11,18,26H,3-4,9,12H2,1-2H3/t4*18-/m1010/s1. The van der Waals surface area contributed by atoms with E-state index in [1.54, 1.807) is 48.5 Å². The Morgan fingerprint density at radius 1 is 0.306 bits per heavy atom. The van der Waals surface area contributed by atoms with E-state index in [0.29, 0.717) is 45.1 Å². The molecule has 4 aliphatic rings. The summed E-state index contributed by atoms with van der Waals surface area (Å²) in [5, 5.41) is 19.0. The molecule has 4 saturated carbocycles. The summed E-state index contributed by atoms with van der Waals surface area (Å²) >= 11 is 12.0. The SMILES string of the molecule is CC1(C)CCC[C@@H]1c1cc(CCl)ccc1-c1cc(OC(F)(F)F)ccc1F.CC1(C)CCC[C@@H]1c1cc(CO)ccc1-c1cc(OC(F)(F)F)ccc1F.CC1(C)CCC[C@H]1c1cc(CCl)ccc1-c1cc(OC(F)(F)F)ccc1F.CC1(C)CCC[C@H]1c1cc(CO)ccc1-c1cc(OC(F)(F)F)ccc1F. The molecule has 0 spiro atoms. The van der Waals surface area contributed by atoms with Gasteiger partial charge in [0.2, 0.25) is 0 Å². The monoisotopic (exact) mass is 1560 g/mol. The first-order valence-corrected chi connectivity index (χ1v) is 36.6. The minimum Gasteiger partial charge on any atom is -0.406 e. The largest absolute Gasteiger partial charge is 0.573 e. The van der Waals surface area contributed by atoms with Crippen LogP contribution in [0.4, 0.5) is 70.2 Å². The first-order chi connectivity index (χ1) is 50.4. The van der Waals surface area contributed by atoms with Crippen molar-refractivity contribution in [3.05, 3.63) is 213 Å². The van der Waals surface area contributed by atoms with Crippen LogP contribution in [-0.2, 0) is 25.0 Å². The van der Waals surface area contributed by atoms with E-state index in [1.807, 2.05) is 24.3 Å². The maximum absolute atomic E-state index is 14.6. The van der Waals surface area contributed by atoms with Gasteiger partial charge in [0.05, 0.1) is 13.2 Å². The van der Waals surface area contributed by atoms with Gasteiger partial charge >= 0.3 is 25.4 Å². The van der Waals surface area contributed by atoms with E-state index in [0.717, 1.165) is 183 Å². The third-order valence-corrected chi connectivity index (χ3v) is 22.1. The first-order valence-electron chi connectivity index (χ1n) is 35.5. The fourth-order valence-corrected chi connectivity index (χ4v) is 16.5. The van der Waals surface area contributed by atoms with E-state index in [2.05, 4.69) is 74.3 Å². The van der Waals surface area contributed by atoms with Crippen molar-refractivity contribution in [2.75, 3.05) is 0 Å². The topological polar surface area (TPSA) is 77.4 Å². The van der Waals surface area contributed by atoms with Crippen molar-refractivity contribution in [3.8, 4) is 67.5 Å². The maximum atomic E-state index is 14.6.